The average Bonchev–Trinajstić information content (AvgIpc) is 2.73. The molecule has 0 aliphatic carbocycles. The van der Waals surface area contributed by atoms with E-state index in [0.717, 1.165) is 24.8 Å². The van der Waals surface area contributed by atoms with Crippen molar-refractivity contribution in [1.29, 1.82) is 0 Å². The number of rotatable bonds is 7. The van der Waals surface area contributed by atoms with Crippen molar-refractivity contribution in [2.75, 3.05) is 13.7 Å². The van der Waals surface area contributed by atoms with Gasteiger partial charge < -0.3 is 24.8 Å². The minimum Gasteiger partial charge on any atom is -0.496 e. The molecule has 3 N–H and O–H groups in total. The molecule has 0 amide bonds. The highest BCUT2D eigenvalue weighted by Gasteiger charge is 2.39. The molecule has 4 atom stereocenters. The Morgan fingerprint density at radius 3 is 2.47 bits per heavy atom. The molecule has 30 heavy (non-hydrogen) atoms. The van der Waals surface area contributed by atoms with Crippen LogP contribution < -0.4 is 4.74 Å². The van der Waals surface area contributed by atoms with Gasteiger partial charge in [-0.15, -0.1) is 0 Å². The first-order valence-electron chi connectivity index (χ1n) is 10.8. The molecule has 1 aliphatic rings. The molecule has 1 heterocycles. The van der Waals surface area contributed by atoms with Gasteiger partial charge in [-0.25, -0.2) is 0 Å². The minimum atomic E-state index is -1.08. The standard InChI is InChI=1S/C25H34O5/c1-5-6-18-12-23(29-4)21(25-24(28)22(27)13-20(14-26)30-25)11-19(18)10-17-8-7-15(2)9-16(17)3/h7-9,11-12,20,22,24-28H,5-6,10,13-14H2,1-4H3/t20-,22-,24-,25-/m0/s1. The smallest absolute Gasteiger partial charge is 0.125 e. The molecule has 0 bridgehead atoms. The maximum Gasteiger partial charge on any atom is 0.125 e. The Morgan fingerprint density at radius 1 is 1.07 bits per heavy atom. The highest BCUT2D eigenvalue weighted by molar-refractivity contribution is 5.47. The van der Waals surface area contributed by atoms with Crippen molar-refractivity contribution in [3.05, 3.63) is 63.7 Å². The van der Waals surface area contributed by atoms with Crippen molar-refractivity contribution >= 4 is 0 Å². The van der Waals surface area contributed by atoms with Crippen LogP contribution >= 0.6 is 0 Å². The first-order chi connectivity index (χ1) is 14.4. The van der Waals surface area contributed by atoms with Gasteiger partial charge in [0.05, 0.1) is 25.9 Å². The zero-order chi connectivity index (χ0) is 21.8. The van der Waals surface area contributed by atoms with Gasteiger partial charge in [0.15, 0.2) is 0 Å². The summed E-state index contributed by atoms with van der Waals surface area (Å²) in [5.74, 6) is 0.637. The third-order valence-electron chi connectivity index (χ3n) is 6.01. The molecule has 0 radical (unpaired) electrons. The maximum atomic E-state index is 10.6. The van der Waals surface area contributed by atoms with E-state index in [1.54, 1.807) is 7.11 Å². The topological polar surface area (TPSA) is 79.2 Å². The molecule has 0 saturated carbocycles. The summed E-state index contributed by atoms with van der Waals surface area (Å²) < 4.78 is 11.6. The van der Waals surface area contributed by atoms with E-state index in [2.05, 4.69) is 39.0 Å². The first kappa shape index (κ1) is 22.8. The Labute approximate surface area is 179 Å². The van der Waals surface area contributed by atoms with Crippen LogP contribution in [0.4, 0.5) is 0 Å². The summed E-state index contributed by atoms with van der Waals surface area (Å²) in [4.78, 5) is 0. The highest BCUT2D eigenvalue weighted by Crippen LogP contribution is 2.39. The quantitative estimate of drug-likeness (QED) is 0.647. The van der Waals surface area contributed by atoms with E-state index in [0.29, 0.717) is 11.3 Å². The summed E-state index contributed by atoms with van der Waals surface area (Å²) in [6.07, 6.45) is -0.391. The van der Waals surface area contributed by atoms with Gasteiger partial charge in [0.25, 0.3) is 0 Å². The molecule has 0 unspecified atom stereocenters. The molecule has 5 nitrogen and oxygen atoms in total. The second-order valence-corrected chi connectivity index (χ2v) is 8.37. The second-order valence-electron chi connectivity index (χ2n) is 8.37. The fourth-order valence-corrected chi connectivity index (χ4v) is 4.33. The largest absolute Gasteiger partial charge is 0.496 e. The van der Waals surface area contributed by atoms with Crippen LogP contribution in [0.3, 0.4) is 0 Å². The van der Waals surface area contributed by atoms with Gasteiger partial charge in [-0.1, -0.05) is 37.1 Å². The van der Waals surface area contributed by atoms with E-state index in [1.807, 2.05) is 12.1 Å². The Bertz CT molecular complexity index is 863. The van der Waals surface area contributed by atoms with E-state index in [-0.39, 0.29) is 13.0 Å². The third kappa shape index (κ3) is 4.86. The predicted octanol–water partition coefficient (Wildman–Crippen LogP) is 3.40. The molecule has 0 spiro atoms. The lowest BCUT2D eigenvalue weighted by molar-refractivity contribution is -0.180. The molecule has 1 saturated heterocycles. The number of aliphatic hydroxyl groups is 3. The number of hydrogen-bond acceptors (Lipinski definition) is 5. The zero-order valence-corrected chi connectivity index (χ0v) is 18.4. The van der Waals surface area contributed by atoms with Crippen LogP contribution in [0.2, 0.25) is 0 Å². The summed E-state index contributed by atoms with van der Waals surface area (Å²) in [5.41, 5.74) is 6.83. The second kappa shape index (κ2) is 9.92. The monoisotopic (exact) mass is 414 g/mol. The number of ether oxygens (including phenoxy) is 2. The summed E-state index contributed by atoms with van der Waals surface area (Å²) >= 11 is 0. The number of methoxy groups -OCH3 is 1. The normalized spacial score (nSPS) is 24.1. The van der Waals surface area contributed by atoms with Gasteiger partial charge in [0, 0.05) is 12.0 Å². The molecule has 3 rings (SSSR count). The van der Waals surface area contributed by atoms with Gasteiger partial charge in [-0.2, -0.15) is 0 Å². The summed E-state index contributed by atoms with van der Waals surface area (Å²) in [7, 11) is 1.60. The van der Waals surface area contributed by atoms with Crippen LogP contribution in [0, 0.1) is 13.8 Å². The van der Waals surface area contributed by atoms with Gasteiger partial charge in [0.2, 0.25) is 0 Å². The number of hydrogen-bond donors (Lipinski definition) is 3. The summed E-state index contributed by atoms with van der Waals surface area (Å²) in [6, 6.07) is 10.6. The highest BCUT2D eigenvalue weighted by atomic mass is 16.5. The first-order valence-corrected chi connectivity index (χ1v) is 10.8. The van der Waals surface area contributed by atoms with Crippen molar-refractivity contribution < 1.29 is 24.8 Å². The van der Waals surface area contributed by atoms with Crippen LogP contribution in [0.15, 0.2) is 30.3 Å². The van der Waals surface area contributed by atoms with Crippen LogP contribution in [0.25, 0.3) is 0 Å². The Kier molecular flexibility index (Phi) is 7.53. The van der Waals surface area contributed by atoms with Crippen molar-refractivity contribution in [3.63, 3.8) is 0 Å². The van der Waals surface area contributed by atoms with Crippen molar-refractivity contribution in [2.24, 2.45) is 0 Å². The summed E-state index contributed by atoms with van der Waals surface area (Å²) in [6.45, 7) is 6.17. The van der Waals surface area contributed by atoms with Gasteiger partial charge in [-0.05, 0) is 61.1 Å². The van der Waals surface area contributed by atoms with Gasteiger partial charge in [-0.3, -0.25) is 0 Å². The molecular formula is C25H34O5. The van der Waals surface area contributed by atoms with Crippen LogP contribution in [0.5, 0.6) is 5.75 Å². The van der Waals surface area contributed by atoms with Crippen molar-refractivity contribution in [3.8, 4) is 5.75 Å². The lowest BCUT2D eigenvalue weighted by atomic mass is 9.88. The van der Waals surface area contributed by atoms with E-state index in [1.165, 1.54) is 22.3 Å². The average molecular weight is 415 g/mol. The molecule has 1 fully saturated rings. The molecular weight excluding hydrogens is 380 g/mol. The zero-order valence-electron chi connectivity index (χ0n) is 18.4. The molecule has 2 aromatic rings. The number of aliphatic hydroxyl groups excluding tert-OH is 3. The Hall–Kier alpha value is -1.92. The van der Waals surface area contributed by atoms with Crippen LogP contribution in [-0.2, 0) is 17.6 Å². The third-order valence-corrected chi connectivity index (χ3v) is 6.01. The van der Waals surface area contributed by atoms with Crippen molar-refractivity contribution in [2.45, 2.75) is 70.9 Å². The lowest BCUT2D eigenvalue weighted by Gasteiger charge is -2.37. The number of aryl methyl sites for hydroxylation is 3. The van der Waals surface area contributed by atoms with E-state index >= 15 is 0 Å². The lowest BCUT2D eigenvalue weighted by Crippen LogP contribution is -2.44. The Balaban J connectivity index is 2.05. The fraction of sp³-hybridized carbons (Fsp3) is 0.520. The molecule has 5 heteroatoms. The van der Waals surface area contributed by atoms with E-state index in [4.69, 9.17) is 9.47 Å². The predicted molar refractivity (Wildman–Crippen MR) is 117 cm³/mol. The van der Waals surface area contributed by atoms with E-state index in [9.17, 15) is 15.3 Å². The molecule has 0 aromatic heterocycles. The van der Waals surface area contributed by atoms with Crippen LogP contribution in [-0.4, -0.2) is 47.3 Å². The van der Waals surface area contributed by atoms with Crippen LogP contribution in [0.1, 0.15) is 59.3 Å². The molecule has 1 aliphatic heterocycles. The molecule has 2 aromatic carbocycles. The Morgan fingerprint density at radius 2 is 1.83 bits per heavy atom. The summed E-state index contributed by atoms with van der Waals surface area (Å²) in [5, 5.41) is 30.5. The maximum absolute atomic E-state index is 10.6. The van der Waals surface area contributed by atoms with Gasteiger partial charge >= 0.3 is 0 Å². The van der Waals surface area contributed by atoms with E-state index < -0.39 is 24.4 Å². The minimum absolute atomic E-state index is 0.202. The van der Waals surface area contributed by atoms with Crippen molar-refractivity contribution in [1.82, 2.24) is 0 Å². The molecule has 164 valence electrons. The number of benzene rings is 2. The van der Waals surface area contributed by atoms with Gasteiger partial charge in [0.1, 0.15) is 18.0 Å². The SMILES string of the molecule is CCCc1cc(OC)c([C@@H]2O[C@H](CO)C[C@H](O)[C@@H]2O)cc1Cc1ccc(C)cc1C. The fourth-order valence-electron chi connectivity index (χ4n) is 4.33.